The third-order valence-electron chi connectivity index (χ3n) is 7.98. The van der Waals surface area contributed by atoms with Gasteiger partial charge in [0.25, 0.3) is 0 Å². The molecule has 0 atom stereocenters. The normalized spacial score (nSPS) is 14.8. The van der Waals surface area contributed by atoms with Gasteiger partial charge in [-0.1, -0.05) is 37.6 Å². The van der Waals surface area contributed by atoms with E-state index in [0.717, 1.165) is 82.9 Å². The third kappa shape index (κ3) is 6.91. The Hall–Kier alpha value is -2.96. The van der Waals surface area contributed by atoms with Gasteiger partial charge < -0.3 is 14.4 Å². The largest absolute Gasteiger partial charge is 0.344 e. The Morgan fingerprint density at radius 3 is 2.37 bits per heavy atom. The van der Waals surface area contributed by atoms with Crippen molar-refractivity contribution in [1.29, 1.82) is 0 Å². The van der Waals surface area contributed by atoms with Crippen molar-refractivity contribution in [3.63, 3.8) is 0 Å². The Labute approximate surface area is 227 Å². The molecule has 2 aromatic carbocycles. The molecule has 0 N–H and O–H groups in total. The lowest BCUT2D eigenvalue weighted by atomic mass is 10.1. The first-order valence-electron chi connectivity index (χ1n) is 14.1. The van der Waals surface area contributed by atoms with Crippen molar-refractivity contribution in [2.24, 2.45) is 0 Å². The van der Waals surface area contributed by atoms with Crippen LogP contribution in [0.25, 0.3) is 17.0 Å². The number of halogens is 1. The Bertz CT molecular complexity index is 1230. The van der Waals surface area contributed by atoms with Crippen molar-refractivity contribution in [2.75, 3.05) is 52.4 Å². The van der Waals surface area contributed by atoms with Gasteiger partial charge in [0, 0.05) is 67.5 Å². The van der Waals surface area contributed by atoms with Crippen LogP contribution < -0.4 is 0 Å². The average molecular weight is 519 g/mol. The molecule has 1 aromatic heterocycles. The van der Waals surface area contributed by atoms with E-state index < -0.39 is 0 Å². The monoisotopic (exact) mass is 518 g/mol. The number of carbonyl (C=O) groups is 1. The van der Waals surface area contributed by atoms with Gasteiger partial charge in [-0.3, -0.25) is 9.69 Å². The summed E-state index contributed by atoms with van der Waals surface area (Å²) < 4.78 is 15.6. The van der Waals surface area contributed by atoms with Crippen molar-refractivity contribution in [3.05, 3.63) is 76.7 Å². The minimum atomic E-state index is -0.195. The number of amides is 1. The lowest BCUT2D eigenvalue weighted by Gasteiger charge is -2.34. The number of benzene rings is 2. The van der Waals surface area contributed by atoms with Gasteiger partial charge in [-0.25, -0.2) is 4.39 Å². The number of hydrogen-bond donors (Lipinski definition) is 0. The number of hydrogen-bond acceptors (Lipinski definition) is 3. The molecule has 1 amide bonds. The molecule has 5 nitrogen and oxygen atoms in total. The quantitative estimate of drug-likeness (QED) is 0.313. The molecule has 1 aliphatic rings. The number of nitrogens with zero attached hydrogens (tertiary/aromatic N) is 4. The molecule has 0 bridgehead atoms. The van der Waals surface area contributed by atoms with Crippen molar-refractivity contribution >= 4 is 22.9 Å². The summed E-state index contributed by atoms with van der Waals surface area (Å²) in [5, 5.41) is 1.22. The number of aryl methyl sites for hydroxylation is 2. The van der Waals surface area contributed by atoms with Crippen LogP contribution >= 0.6 is 0 Å². The Balaban J connectivity index is 1.38. The highest BCUT2D eigenvalue weighted by Crippen LogP contribution is 2.28. The first-order valence-corrected chi connectivity index (χ1v) is 14.1. The maximum Gasteiger partial charge on any atom is 0.246 e. The minimum Gasteiger partial charge on any atom is -0.344 e. The summed E-state index contributed by atoms with van der Waals surface area (Å²) in [5.41, 5.74) is 5.99. The SMILES string of the molecule is CCN(CC)CCCn1c(C)c(/C=C/C(=O)N2CCN(CCc3ccc(F)cc3)CC2)c2cc(C)ccc21. The van der Waals surface area contributed by atoms with Crippen LogP contribution in [0, 0.1) is 19.7 Å². The second-order valence-corrected chi connectivity index (χ2v) is 10.4. The highest BCUT2D eigenvalue weighted by Gasteiger charge is 2.20. The van der Waals surface area contributed by atoms with E-state index in [-0.39, 0.29) is 11.7 Å². The number of aromatic nitrogens is 1. The Kier molecular flexibility index (Phi) is 9.75. The molecule has 0 unspecified atom stereocenters. The van der Waals surface area contributed by atoms with Crippen molar-refractivity contribution < 1.29 is 9.18 Å². The summed E-state index contributed by atoms with van der Waals surface area (Å²) >= 11 is 0. The van der Waals surface area contributed by atoms with Gasteiger partial charge in [0.1, 0.15) is 5.82 Å². The average Bonchev–Trinajstić information content (AvgIpc) is 3.19. The molecule has 0 spiro atoms. The molecule has 1 fully saturated rings. The molecular weight excluding hydrogens is 475 g/mol. The fourth-order valence-corrected chi connectivity index (χ4v) is 5.50. The van der Waals surface area contributed by atoms with E-state index in [1.165, 1.54) is 34.3 Å². The van der Waals surface area contributed by atoms with Crippen LogP contribution in [0.4, 0.5) is 4.39 Å². The lowest BCUT2D eigenvalue weighted by molar-refractivity contribution is -0.127. The summed E-state index contributed by atoms with van der Waals surface area (Å²) in [6.07, 6.45) is 5.79. The standard InChI is InChI=1S/C32H43FN4O/c1-5-34(6-2)17-7-18-37-26(4)29(30-24-25(3)8-14-31(30)37)13-15-32(38)36-22-20-35(21-23-36)19-16-27-9-11-28(33)12-10-27/h8-15,24H,5-7,16-23H2,1-4H3/b15-13+. The smallest absolute Gasteiger partial charge is 0.246 e. The highest BCUT2D eigenvalue weighted by atomic mass is 19.1. The van der Waals surface area contributed by atoms with E-state index in [1.807, 2.05) is 23.1 Å². The van der Waals surface area contributed by atoms with Gasteiger partial charge in [0.2, 0.25) is 5.91 Å². The van der Waals surface area contributed by atoms with E-state index >= 15 is 0 Å². The van der Waals surface area contributed by atoms with Crippen LogP contribution in [0.2, 0.25) is 0 Å². The minimum absolute atomic E-state index is 0.0812. The predicted octanol–water partition coefficient (Wildman–Crippen LogP) is 5.53. The molecule has 0 aliphatic carbocycles. The first kappa shape index (κ1) is 28.1. The van der Waals surface area contributed by atoms with Crippen molar-refractivity contribution in [3.8, 4) is 0 Å². The van der Waals surface area contributed by atoms with Crippen molar-refractivity contribution in [1.82, 2.24) is 19.3 Å². The molecule has 3 aromatic rings. The van der Waals surface area contributed by atoms with Crippen molar-refractivity contribution in [2.45, 2.75) is 47.1 Å². The zero-order valence-electron chi connectivity index (χ0n) is 23.5. The fourth-order valence-electron chi connectivity index (χ4n) is 5.50. The predicted molar refractivity (Wildman–Crippen MR) is 156 cm³/mol. The van der Waals surface area contributed by atoms with Gasteiger partial charge >= 0.3 is 0 Å². The number of rotatable bonds is 11. The molecule has 0 radical (unpaired) electrons. The second-order valence-electron chi connectivity index (χ2n) is 10.4. The maximum atomic E-state index is 13.1. The van der Waals surface area contributed by atoms with Gasteiger partial charge in [-0.05, 0) is 82.2 Å². The van der Waals surface area contributed by atoms with Crippen LogP contribution in [-0.4, -0.2) is 77.5 Å². The van der Waals surface area contributed by atoms with Gasteiger partial charge in [-0.15, -0.1) is 0 Å². The van der Waals surface area contributed by atoms with E-state index in [0.29, 0.717) is 0 Å². The topological polar surface area (TPSA) is 31.7 Å². The molecule has 204 valence electrons. The number of carbonyl (C=O) groups excluding carboxylic acids is 1. The Morgan fingerprint density at radius 1 is 0.974 bits per heavy atom. The summed E-state index contributed by atoms with van der Waals surface area (Å²) in [6, 6.07) is 13.4. The molecule has 4 rings (SSSR count). The summed E-state index contributed by atoms with van der Waals surface area (Å²) in [6.45, 7) is 17.1. The van der Waals surface area contributed by atoms with E-state index in [9.17, 15) is 9.18 Å². The molecule has 1 aliphatic heterocycles. The molecule has 2 heterocycles. The molecule has 0 saturated carbocycles. The molecular formula is C32H43FN4O. The van der Waals surface area contributed by atoms with Gasteiger partial charge in [-0.2, -0.15) is 0 Å². The van der Waals surface area contributed by atoms with Crippen LogP contribution in [0.15, 0.2) is 48.5 Å². The Morgan fingerprint density at radius 2 is 1.68 bits per heavy atom. The highest BCUT2D eigenvalue weighted by molar-refractivity contribution is 5.97. The number of fused-ring (bicyclic) bond motifs is 1. The zero-order chi connectivity index (χ0) is 27.1. The van der Waals surface area contributed by atoms with Crippen LogP contribution in [0.3, 0.4) is 0 Å². The van der Waals surface area contributed by atoms with Gasteiger partial charge in [0.15, 0.2) is 0 Å². The summed E-state index contributed by atoms with van der Waals surface area (Å²) in [4.78, 5) is 19.9. The van der Waals surface area contributed by atoms with Crippen LogP contribution in [0.5, 0.6) is 0 Å². The zero-order valence-corrected chi connectivity index (χ0v) is 23.5. The lowest BCUT2D eigenvalue weighted by Crippen LogP contribution is -2.48. The molecule has 1 saturated heterocycles. The summed E-state index contributed by atoms with van der Waals surface area (Å²) in [5.74, 6) is -0.114. The van der Waals surface area contributed by atoms with E-state index in [4.69, 9.17) is 0 Å². The molecule has 6 heteroatoms. The van der Waals surface area contributed by atoms with E-state index in [2.05, 4.69) is 60.3 Å². The van der Waals surface area contributed by atoms with Crippen LogP contribution in [0.1, 0.15) is 42.7 Å². The molecule has 38 heavy (non-hydrogen) atoms. The maximum absolute atomic E-state index is 13.1. The van der Waals surface area contributed by atoms with Crippen LogP contribution in [-0.2, 0) is 17.8 Å². The third-order valence-corrected chi connectivity index (χ3v) is 7.98. The fraction of sp³-hybridized carbons (Fsp3) is 0.469. The van der Waals surface area contributed by atoms with Gasteiger partial charge in [0.05, 0.1) is 0 Å². The first-order chi connectivity index (χ1) is 18.4. The summed E-state index contributed by atoms with van der Waals surface area (Å²) in [7, 11) is 0. The number of piperazine rings is 1. The van der Waals surface area contributed by atoms with E-state index in [1.54, 1.807) is 6.08 Å². The second kappa shape index (κ2) is 13.2.